The van der Waals surface area contributed by atoms with Gasteiger partial charge in [0.2, 0.25) is 5.91 Å². The summed E-state index contributed by atoms with van der Waals surface area (Å²) in [6, 6.07) is -0.576. The van der Waals surface area contributed by atoms with Crippen molar-refractivity contribution in [3.8, 4) is 0 Å². The first-order valence-corrected chi connectivity index (χ1v) is 10.8. The first-order chi connectivity index (χ1) is 11.3. The summed E-state index contributed by atoms with van der Waals surface area (Å²) in [7, 11) is 0. The highest BCUT2D eigenvalue weighted by molar-refractivity contribution is 9.09. The lowest BCUT2D eigenvalue weighted by atomic mass is 10.1. The summed E-state index contributed by atoms with van der Waals surface area (Å²) >= 11 is 8.26. The van der Waals surface area contributed by atoms with Gasteiger partial charge >= 0.3 is 6.72 Å². The first kappa shape index (κ1) is 17.6. The molecule has 4 rings (SSSR count). The molecule has 9 atom stereocenters. The molecular weight excluding hydrogens is 429 g/mol. The fraction of sp³-hybridized carbons (Fsp3) is 0.900. The van der Waals surface area contributed by atoms with E-state index in [1.54, 1.807) is 4.90 Å². The number of amides is 1. The van der Waals surface area contributed by atoms with E-state index in [1.165, 1.54) is 0 Å². The van der Waals surface area contributed by atoms with E-state index in [0.717, 1.165) is 0 Å². The van der Waals surface area contributed by atoms with Crippen LogP contribution in [0, 0.1) is 0 Å². The van der Waals surface area contributed by atoms with Crippen LogP contribution in [0.4, 0.5) is 0 Å². The monoisotopic (exact) mass is 445 g/mol. The first-order valence-electron chi connectivity index (χ1n) is 7.26. The molecule has 14 heteroatoms. The average Bonchev–Trinajstić information content (AvgIpc) is 2.96. The van der Waals surface area contributed by atoms with Crippen molar-refractivity contribution in [1.82, 2.24) is 20.9 Å². The second-order valence-electron chi connectivity index (χ2n) is 5.92. The Hall–Kier alpha value is 0.240. The molecule has 4 heterocycles. The molecule has 4 fully saturated rings. The molecule has 0 spiro atoms. The standard InChI is InChI=1S/C10H17BrN5O6PS/c11-9-13-3-6(14-10(12)15-7(3)18)16(9)8-4(17)5-2(21-8)1-20-23(19,24)22-5/h2-6,8-10,13-14,17H,1,12H2,(H,15,18)(H,19,24)/t2-,3?,4-,5-,6?,8-,9?,10?,23?/m1/s1. The maximum atomic E-state index is 12.1. The third-order valence-corrected chi connectivity index (χ3v) is 6.70. The summed E-state index contributed by atoms with van der Waals surface area (Å²) in [5, 5.41) is 18.8. The number of hydrogen-bond acceptors (Lipinski definition) is 10. The number of aliphatic hydroxyl groups excluding tert-OH is 1. The lowest BCUT2D eigenvalue weighted by Crippen LogP contribution is -2.71. The van der Waals surface area contributed by atoms with Gasteiger partial charge in [0, 0.05) is 0 Å². The quantitative estimate of drug-likeness (QED) is 0.139. The van der Waals surface area contributed by atoms with E-state index in [9.17, 15) is 14.8 Å². The molecule has 0 saturated carbocycles. The molecule has 0 aromatic carbocycles. The summed E-state index contributed by atoms with van der Waals surface area (Å²) in [5.74, 6) is -0.256. The molecule has 0 aliphatic carbocycles. The Morgan fingerprint density at radius 2 is 2.21 bits per heavy atom. The molecule has 0 aromatic heterocycles. The number of fused-ring (bicyclic) bond motifs is 2. The topological polar surface area (TPSA) is 151 Å². The van der Waals surface area contributed by atoms with Gasteiger partial charge in [-0.1, -0.05) is 15.9 Å². The normalized spacial score (nSPS) is 55.1. The smallest absolute Gasteiger partial charge is 0.325 e. The summed E-state index contributed by atoms with van der Waals surface area (Å²) in [4.78, 5) is 23.6. The minimum absolute atomic E-state index is 0.0295. The van der Waals surface area contributed by atoms with E-state index in [4.69, 9.17) is 31.3 Å². The van der Waals surface area contributed by atoms with Gasteiger partial charge in [-0.2, -0.15) is 0 Å². The summed E-state index contributed by atoms with van der Waals surface area (Å²) in [6.45, 7) is -3.34. The third-order valence-electron chi connectivity index (χ3n) is 4.41. The number of carbonyl (C=O) groups excluding carboxylic acids is 1. The van der Waals surface area contributed by atoms with Crippen LogP contribution < -0.4 is 21.7 Å². The number of ether oxygens (including phenoxy) is 1. The van der Waals surface area contributed by atoms with Gasteiger partial charge in [0.25, 0.3) is 0 Å². The number of alkyl halides is 1. The van der Waals surface area contributed by atoms with Crippen molar-refractivity contribution in [2.24, 2.45) is 5.73 Å². The highest BCUT2D eigenvalue weighted by Crippen LogP contribution is 2.52. The molecule has 4 aliphatic rings. The van der Waals surface area contributed by atoms with Crippen LogP contribution in [-0.2, 0) is 30.4 Å². The van der Waals surface area contributed by atoms with Crippen molar-refractivity contribution < 1.29 is 28.6 Å². The van der Waals surface area contributed by atoms with Crippen LogP contribution in [0.25, 0.3) is 0 Å². The fourth-order valence-corrected chi connectivity index (χ4v) is 5.60. The van der Waals surface area contributed by atoms with Gasteiger partial charge in [-0.25, -0.2) is 4.90 Å². The Kier molecular flexibility index (Phi) is 4.52. The molecule has 136 valence electrons. The van der Waals surface area contributed by atoms with E-state index in [2.05, 4.69) is 31.9 Å². The Morgan fingerprint density at radius 1 is 1.46 bits per heavy atom. The second kappa shape index (κ2) is 6.15. The second-order valence-corrected chi connectivity index (χ2v) is 9.57. The molecular formula is C10H17BrN5O6PS. The molecule has 24 heavy (non-hydrogen) atoms. The van der Waals surface area contributed by atoms with E-state index in [0.29, 0.717) is 0 Å². The van der Waals surface area contributed by atoms with Crippen molar-refractivity contribution in [3.05, 3.63) is 0 Å². The SMILES string of the molecule is NC1NC(=O)C2NC(Br)N([C@@H]3O[C@@H]4COP(O)(=S)O[C@H]4[C@H]3O)C2N1. The Balaban J connectivity index is 1.57. The number of aliphatic hydroxyl groups is 1. The number of halogens is 1. The predicted molar refractivity (Wildman–Crippen MR) is 86.5 cm³/mol. The third kappa shape index (κ3) is 2.86. The minimum Gasteiger partial charge on any atom is -0.386 e. The van der Waals surface area contributed by atoms with Gasteiger partial charge in [-0.3, -0.25) is 25.7 Å². The molecule has 5 unspecified atom stereocenters. The van der Waals surface area contributed by atoms with Gasteiger partial charge in [0.05, 0.1) is 12.8 Å². The van der Waals surface area contributed by atoms with Gasteiger partial charge in [0.15, 0.2) is 0 Å². The lowest BCUT2D eigenvalue weighted by molar-refractivity contribution is -0.133. The van der Waals surface area contributed by atoms with E-state index in [-0.39, 0.29) is 12.5 Å². The fourth-order valence-electron chi connectivity index (χ4n) is 3.38. The lowest BCUT2D eigenvalue weighted by Gasteiger charge is -2.38. The largest absolute Gasteiger partial charge is 0.386 e. The zero-order valence-electron chi connectivity index (χ0n) is 12.1. The molecule has 0 bridgehead atoms. The Morgan fingerprint density at radius 3 is 2.96 bits per heavy atom. The molecule has 7 N–H and O–H groups in total. The van der Waals surface area contributed by atoms with Crippen molar-refractivity contribution >= 4 is 40.4 Å². The number of rotatable bonds is 1. The highest BCUT2D eigenvalue weighted by atomic mass is 79.9. The maximum absolute atomic E-state index is 12.1. The summed E-state index contributed by atoms with van der Waals surface area (Å²) < 4.78 is 16.2. The van der Waals surface area contributed by atoms with Crippen LogP contribution in [0.5, 0.6) is 0 Å². The highest BCUT2D eigenvalue weighted by Gasteiger charge is 2.58. The maximum Gasteiger partial charge on any atom is 0.325 e. The number of nitrogens with two attached hydrogens (primary N) is 1. The number of nitrogens with one attached hydrogen (secondary N) is 3. The molecule has 11 nitrogen and oxygen atoms in total. The van der Waals surface area contributed by atoms with Gasteiger partial charge in [-0.05, 0) is 11.8 Å². The summed E-state index contributed by atoms with van der Waals surface area (Å²) in [5.41, 5.74) is 5.77. The minimum atomic E-state index is -3.37. The number of carbonyl (C=O) groups is 1. The number of hydrogen-bond donors (Lipinski definition) is 6. The van der Waals surface area contributed by atoms with Crippen molar-refractivity contribution in [2.75, 3.05) is 6.61 Å². The van der Waals surface area contributed by atoms with E-state index < -0.39 is 54.8 Å². The predicted octanol–water partition coefficient (Wildman–Crippen LogP) is -3.06. The van der Waals surface area contributed by atoms with Gasteiger partial charge in [-0.15, -0.1) is 0 Å². The van der Waals surface area contributed by atoms with Crippen molar-refractivity contribution in [3.63, 3.8) is 0 Å². The molecule has 0 radical (unpaired) electrons. The van der Waals surface area contributed by atoms with E-state index in [1.807, 2.05) is 0 Å². The molecule has 4 aliphatic heterocycles. The number of nitrogens with zero attached hydrogens (tertiary/aromatic N) is 1. The van der Waals surface area contributed by atoms with E-state index >= 15 is 0 Å². The van der Waals surface area contributed by atoms with Gasteiger partial charge < -0.3 is 24.6 Å². The van der Waals surface area contributed by atoms with Crippen LogP contribution in [0.3, 0.4) is 0 Å². The zero-order chi connectivity index (χ0) is 17.2. The van der Waals surface area contributed by atoms with Crippen molar-refractivity contribution in [1.29, 1.82) is 0 Å². The Bertz CT molecular complexity index is 604. The van der Waals surface area contributed by atoms with Crippen LogP contribution in [-0.4, -0.2) is 75.5 Å². The molecule has 4 saturated heterocycles. The molecule has 0 aromatic rings. The van der Waals surface area contributed by atoms with Crippen LogP contribution >= 0.6 is 22.6 Å². The van der Waals surface area contributed by atoms with Crippen LogP contribution in [0.1, 0.15) is 0 Å². The zero-order valence-corrected chi connectivity index (χ0v) is 15.4. The summed E-state index contributed by atoms with van der Waals surface area (Å²) in [6.07, 6.45) is -4.49. The van der Waals surface area contributed by atoms with Crippen molar-refractivity contribution in [2.45, 2.75) is 48.1 Å². The van der Waals surface area contributed by atoms with Gasteiger partial charge in [0.1, 0.15) is 41.9 Å². The van der Waals surface area contributed by atoms with Crippen LogP contribution in [0.15, 0.2) is 0 Å². The average molecular weight is 446 g/mol. The Labute approximate surface area is 150 Å². The van der Waals surface area contributed by atoms with Crippen LogP contribution in [0.2, 0.25) is 0 Å². The molecule has 1 amide bonds.